The Morgan fingerprint density at radius 2 is 1.67 bits per heavy atom. The fourth-order valence-electron chi connectivity index (χ4n) is 3.72. The van der Waals surface area contributed by atoms with Crippen LogP contribution in [0.25, 0.3) is 43.5 Å². The first-order valence-electron chi connectivity index (χ1n) is 10.4. The molecule has 0 saturated carbocycles. The van der Waals surface area contributed by atoms with E-state index in [2.05, 4.69) is 82.1 Å². The van der Waals surface area contributed by atoms with Crippen LogP contribution in [-0.4, -0.2) is 9.97 Å². The van der Waals surface area contributed by atoms with E-state index in [4.69, 9.17) is 9.40 Å². The molecule has 1 aromatic carbocycles. The van der Waals surface area contributed by atoms with Gasteiger partial charge in [-0.05, 0) is 48.7 Å². The highest BCUT2D eigenvalue weighted by molar-refractivity contribution is 7.19. The average molecular weight is 415 g/mol. The molecular formula is C26H26N2OS. The summed E-state index contributed by atoms with van der Waals surface area (Å²) < 4.78 is 7.41. The van der Waals surface area contributed by atoms with Gasteiger partial charge in [0.2, 0.25) is 5.71 Å². The highest BCUT2D eigenvalue weighted by Gasteiger charge is 2.36. The van der Waals surface area contributed by atoms with Crippen LogP contribution in [0.2, 0.25) is 0 Å². The number of nitrogens with zero attached hydrogens (tertiary/aromatic N) is 2. The lowest BCUT2D eigenvalue weighted by Crippen LogP contribution is -2.32. The minimum atomic E-state index is 0.0702. The largest absolute Gasteiger partial charge is 0.437 e. The Kier molecular flexibility index (Phi) is 4.10. The first-order chi connectivity index (χ1) is 14.1. The van der Waals surface area contributed by atoms with Crippen LogP contribution in [0, 0.1) is 12.3 Å². The van der Waals surface area contributed by atoms with Gasteiger partial charge in [0.25, 0.3) is 0 Å². The van der Waals surface area contributed by atoms with Gasteiger partial charge in [0.15, 0.2) is 0 Å². The molecule has 0 saturated heterocycles. The normalized spacial score (nSPS) is 13.0. The zero-order valence-corrected chi connectivity index (χ0v) is 19.1. The second-order valence-electron chi connectivity index (χ2n) is 9.66. The van der Waals surface area contributed by atoms with Crippen molar-refractivity contribution in [3.63, 3.8) is 0 Å². The van der Waals surface area contributed by atoms with Crippen LogP contribution in [0.15, 0.2) is 52.9 Å². The van der Waals surface area contributed by atoms with Crippen LogP contribution >= 0.6 is 11.3 Å². The number of aryl methyl sites for hydroxylation is 1. The third kappa shape index (κ3) is 2.85. The van der Waals surface area contributed by atoms with Crippen molar-refractivity contribution in [2.45, 2.75) is 47.0 Å². The summed E-state index contributed by atoms with van der Waals surface area (Å²) in [5.41, 5.74) is 5.71. The molecule has 0 unspecified atom stereocenters. The van der Waals surface area contributed by atoms with Gasteiger partial charge in [-0.2, -0.15) is 0 Å². The molecule has 0 fully saturated rings. The van der Waals surface area contributed by atoms with Gasteiger partial charge in [0, 0.05) is 32.3 Å². The van der Waals surface area contributed by atoms with Crippen molar-refractivity contribution in [1.29, 1.82) is 0 Å². The molecule has 0 bridgehead atoms. The molecule has 30 heavy (non-hydrogen) atoms. The van der Waals surface area contributed by atoms with E-state index in [0.717, 1.165) is 38.8 Å². The lowest BCUT2D eigenvalue weighted by Gasteiger charge is -2.38. The summed E-state index contributed by atoms with van der Waals surface area (Å²) in [5.74, 6) is 0. The number of hydrogen-bond donors (Lipinski definition) is 0. The lowest BCUT2D eigenvalue weighted by atomic mass is 9.68. The van der Waals surface area contributed by atoms with Gasteiger partial charge in [-0.1, -0.05) is 46.8 Å². The third-order valence-electron chi connectivity index (χ3n) is 6.64. The molecule has 0 aliphatic rings. The van der Waals surface area contributed by atoms with Gasteiger partial charge >= 0.3 is 0 Å². The number of benzene rings is 1. The summed E-state index contributed by atoms with van der Waals surface area (Å²) >= 11 is 1.85. The lowest BCUT2D eigenvalue weighted by molar-refractivity contribution is 0.230. The number of thiophene rings is 1. The van der Waals surface area contributed by atoms with Crippen LogP contribution < -0.4 is 0 Å². The highest BCUT2D eigenvalue weighted by atomic mass is 32.1. The number of hydrogen-bond acceptors (Lipinski definition) is 4. The van der Waals surface area contributed by atoms with Crippen LogP contribution in [0.1, 0.15) is 45.2 Å². The van der Waals surface area contributed by atoms with Crippen LogP contribution in [0.5, 0.6) is 0 Å². The fraction of sp³-hybridized carbons (Fsp3) is 0.308. The second kappa shape index (κ2) is 6.39. The zero-order valence-electron chi connectivity index (χ0n) is 18.3. The molecule has 5 rings (SSSR count). The third-order valence-corrected chi connectivity index (χ3v) is 8.06. The molecule has 4 aromatic heterocycles. The number of furan rings is 1. The van der Waals surface area contributed by atoms with E-state index < -0.39 is 0 Å². The van der Waals surface area contributed by atoms with Crippen LogP contribution in [0.4, 0.5) is 0 Å². The fourth-order valence-corrected chi connectivity index (χ4v) is 5.04. The second-order valence-corrected chi connectivity index (χ2v) is 10.7. The summed E-state index contributed by atoms with van der Waals surface area (Å²) in [5, 5.41) is 2.13. The first kappa shape index (κ1) is 19.3. The molecule has 0 amide bonds. The Bertz CT molecular complexity index is 1420. The molecule has 0 radical (unpaired) electrons. The van der Waals surface area contributed by atoms with Gasteiger partial charge in [0.1, 0.15) is 5.58 Å². The Hall–Kier alpha value is -2.72. The number of pyridine rings is 2. The van der Waals surface area contributed by atoms with Crippen molar-refractivity contribution < 1.29 is 4.42 Å². The predicted molar refractivity (Wildman–Crippen MR) is 127 cm³/mol. The molecule has 0 aliphatic heterocycles. The maximum Gasteiger partial charge on any atom is 0.227 e. The van der Waals surface area contributed by atoms with Crippen LogP contribution in [0.3, 0.4) is 0 Å². The maximum absolute atomic E-state index is 6.19. The maximum atomic E-state index is 6.19. The van der Waals surface area contributed by atoms with Gasteiger partial charge in [0.05, 0.1) is 15.9 Å². The predicted octanol–water partition coefficient (Wildman–Crippen LogP) is 7.89. The van der Waals surface area contributed by atoms with Gasteiger partial charge in [-0.3, -0.25) is 0 Å². The smallest absolute Gasteiger partial charge is 0.227 e. The molecule has 0 N–H and O–H groups in total. The van der Waals surface area contributed by atoms with Gasteiger partial charge < -0.3 is 4.42 Å². The van der Waals surface area contributed by atoms with E-state index in [1.54, 1.807) is 0 Å². The molecule has 3 nitrogen and oxygen atoms in total. The first-order valence-corrected chi connectivity index (χ1v) is 11.2. The van der Waals surface area contributed by atoms with Gasteiger partial charge in [-0.15, -0.1) is 11.3 Å². The average Bonchev–Trinajstić information content (AvgIpc) is 3.27. The summed E-state index contributed by atoms with van der Waals surface area (Å²) in [4.78, 5) is 11.0. The van der Waals surface area contributed by atoms with E-state index in [-0.39, 0.29) is 10.8 Å². The molecule has 152 valence electrons. The molecule has 4 heteroatoms. The van der Waals surface area contributed by atoms with Crippen molar-refractivity contribution in [2.75, 3.05) is 0 Å². The van der Waals surface area contributed by atoms with Gasteiger partial charge in [-0.25, -0.2) is 9.97 Å². The molecule has 4 heterocycles. The standard InChI is InChI=1S/C26H26N2OS/c1-15-10-11-17-16-8-7-9-18(23(16)29-24(17)27-15)19-12-13-21-20(28-19)14-22(30-21)26(5,6)25(2,3)4/h7-14H,1-6H3. The van der Waals surface area contributed by atoms with E-state index in [1.165, 1.54) is 9.58 Å². The summed E-state index contributed by atoms with van der Waals surface area (Å²) in [6.45, 7) is 13.5. The number of para-hydroxylation sites is 1. The van der Waals surface area contributed by atoms with Crippen molar-refractivity contribution >= 4 is 43.6 Å². The van der Waals surface area contributed by atoms with Crippen molar-refractivity contribution in [2.24, 2.45) is 5.41 Å². The van der Waals surface area contributed by atoms with Crippen molar-refractivity contribution in [3.05, 3.63) is 59.1 Å². The Morgan fingerprint density at radius 3 is 2.43 bits per heavy atom. The van der Waals surface area contributed by atoms with Crippen LogP contribution in [-0.2, 0) is 5.41 Å². The minimum absolute atomic E-state index is 0.0702. The van der Waals surface area contributed by atoms with Crippen molar-refractivity contribution in [1.82, 2.24) is 9.97 Å². The Labute approximate surface area is 180 Å². The minimum Gasteiger partial charge on any atom is -0.437 e. The topological polar surface area (TPSA) is 38.9 Å². The van der Waals surface area contributed by atoms with Crippen molar-refractivity contribution in [3.8, 4) is 11.3 Å². The number of fused-ring (bicyclic) bond motifs is 4. The summed E-state index contributed by atoms with van der Waals surface area (Å²) in [6.07, 6.45) is 0. The van der Waals surface area contributed by atoms with E-state index in [9.17, 15) is 0 Å². The highest BCUT2D eigenvalue weighted by Crippen LogP contribution is 2.45. The van der Waals surface area contributed by atoms with E-state index >= 15 is 0 Å². The molecule has 0 atom stereocenters. The quantitative estimate of drug-likeness (QED) is 0.295. The van der Waals surface area contributed by atoms with E-state index in [1.807, 2.05) is 24.3 Å². The molecule has 5 aromatic rings. The summed E-state index contributed by atoms with van der Waals surface area (Å²) in [6, 6.07) is 16.9. The zero-order chi connectivity index (χ0) is 21.3. The SMILES string of the molecule is Cc1ccc2c(n1)oc1c(-c3ccc4sc(C(C)(C)C(C)(C)C)cc4n3)cccc12. The monoisotopic (exact) mass is 414 g/mol. The number of aromatic nitrogens is 2. The number of rotatable bonds is 2. The van der Waals surface area contributed by atoms with E-state index in [0.29, 0.717) is 5.71 Å². The molecular weight excluding hydrogens is 388 g/mol. The molecule has 0 spiro atoms. The Balaban J connectivity index is 1.68. The Morgan fingerprint density at radius 1 is 0.867 bits per heavy atom. The summed E-state index contributed by atoms with van der Waals surface area (Å²) in [7, 11) is 0. The molecule has 0 aliphatic carbocycles.